The maximum Gasteiger partial charge on any atom is 0.287 e. The van der Waals surface area contributed by atoms with Gasteiger partial charge in [-0.15, -0.1) is 0 Å². The second kappa shape index (κ2) is 9.41. The summed E-state index contributed by atoms with van der Waals surface area (Å²) < 4.78 is 5.01. The lowest BCUT2D eigenvalue weighted by atomic mass is 10.2. The molecule has 28 heavy (non-hydrogen) atoms. The zero-order valence-electron chi connectivity index (χ0n) is 15.3. The lowest BCUT2D eigenvalue weighted by Crippen LogP contribution is -2.47. The molecule has 3 rings (SSSR count). The van der Waals surface area contributed by atoms with Crippen LogP contribution in [0.4, 0.5) is 5.69 Å². The Morgan fingerprint density at radius 3 is 2.46 bits per heavy atom. The minimum Gasteiger partial charge on any atom is -0.459 e. The minimum atomic E-state index is -0.496. The van der Waals surface area contributed by atoms with Crippen molar-refractivity contribution in [2.24, 2.45) is 0 Å². The Kier molecular flexibility index (Phi) is 6.71. The van der Waals surface area contributed by atoms with Crippen LogP contribution in [0.25, 0.3) is 0 Å². The van der Waals surface area contributed by atoms with E-state index >= 15 is 0 Å². The van der Waals surface area contributed by atoms with Gasteiger partial charge in [0.1, 0.15) is 6.54 Å². The Balaban J connectivity index is 1.65. The van der Waals surface area contributed by atoms with Crippen LogP contribution in [-0.2, 0) is 9.59 Å². The highest BCUT2D eigenvalue weighted by molar-refractivity contribution is 6.30. The molecule has 1 heterocycles. The van der Waals surface area contributed by atoms with Gasteiger partial charge in [-0.2, -0.15) is 0 Å². The van der Waals surface area contributed by atoms with Crippen molar-refractivity contribution in [1.82, 2.24) is 10.6 Å². The van der Waals surface area contributed by atoms with Gasteiger partial charge in [-0.1, -0.05) is 24.4 Å². The van der Waals surface area contributed by atoms with E-state index in [1.54, 1.807) is 30.3 Å². The zero-order chi connectivity index (χ0) is 19.9. The van der Waals surface area contributed by atoms with Crippen LogP contribution in [0.1, 0.15) is 36.2 Å². The van der Waals surface area contributed by atoms with Gasteiger partial charge < -0.3 is 20.0 Å². The Morgan fingerprint density at radius 1 is 1.11 bits per heavy atom. The molecule has 1 aromatic heterocycles. The van der Waals surface area contributed by atoms with Crippen LogP contribution in [0.2, 0.25) is 5.02 Å². The van der Waals surface area contributed by atoms with Crippen LogP contribution in [0.3, 0.4) is 0 Å². The number of hydrogen-bond acceptors (Lipinski definition) is 4. The van der Waals surface area contributed by atoms with Crippen molar-refractivity contribution in [2.45, 2.75) is 31.7 Å². The smallest absolute Gasteiger partial charge is 0.287 e. The first-order valence-corrected chi connectivity index (χ1v) is 9.58. The number of amides is 3. The summed E-state index contributed by atoms with van der Waals surface area (Å²) in [6.07, 6.45) is 5.50. The van der Waals surface area contributed by atoms with Gasteiger partial charge in [-0.25, -0.2) is 0 Å². The second-order valence-electron chi connectivity index (χ2n) is 6.67. The second-order valence-corrected chi connectivity index (χ2v) is 7.10. The van der Waals surface area contributed by atoms with Crippen molar-refractivity contribution in [3.05, 3.63) is 53.4 Å². The molecule has 0 atom stereocenters. The van der Waals surface area contributed by atoms with Gasteiger partial charge in [-0.05, 0) is 49.2 Å². The number of anilines is 1. The molecule has 2 N–H and O–H groups in total. The Labute approximate surface area is 168 Å². The van der Waals surface area contributed by atoms with Gasteiger partial charge in [-0.3, -0.25) is 14.4 Å². The molecule has 7 nitrogen and oxygen atoms in total. The van der Waals surface area contributed by atoms with Crippen molar-refractivity contribution in [1.29, 1.82) is 0 Å². The van der Waals surface area contributed by atoms with Crippen LogP contribution in [-0.4, -0.2) is 36.9 Å². The molecule has 1 aromatic carbocycles. The van der Waals surface area contributed by atoms with E-state index in [0.717, 1.165) is 25.7 Å². The Morgan fingerprint density at radius 2 is 1.82 bits per heavy atom. The molecule has 2 aromatic rings. The molecule has 1 aliphatic carbocycles. The van der Waals surface area contributed by atoms with E-state index in [-0.39, 0.29) is 30.8 Å². The summed E-state index contributed by atoms with van der Waals surface area (Å²) in [4.78, 5) is 38.5. The largest absolute Gasteiger partial charge is 0.459 e. The predicted molar refractivity (Wildman–Crippen MR) is 105 cm³/mol. The summed E-state index contributed by atoms with van der Waals surface area (Å²) in [5.41, 5.74) is 0.531. The van der Waals surface area contributed by atoms with E-state index in [1.165, 1.54) is 17.2 Å². The molecule has 1 saturated carbocycles. The van der Waals surface area contributed by atoms with Gasteiger partial charge in [0.15, 0.2) is 5.76 Å². The maximum atomic E-state index is 12.7. The highest BCUT2D eigenvalue weighted by atomic mass is 35.5. The number of carbonyl (C=O) groups is 3. The van der Waals surface area contributed by atoms with Crippen LogP contribution < -0.4 is 15.5 Å². The summed E-state index contributed by atoms with van der Waals surface area (Å²) >= 11 is 5.92. The molecule has 1 fully saturated rings. The molecule has 8 heteroatoms. The molecule has 148 valence electrons. The Bertz CT molecular complexity index is 814. The average Bonchev–Trinajstić information content (AvgIpc) is 3.39. The van der Waals surface area contributed by atoms with Crippen molar-refractivity contribution in [3.63, 3.8) is 0 Å². The van der Waals surface area contributed by atoms with Crippen LogP contribution in [0.15, 0.2) is 47.1 Å². The van der Waals surface area contributed by atoms with E-state index in [2.05, 4.69) is 10.6 Å². The summed E-state index contributed by atoms with van der Waals surface area (Å²) in [6.45, 7) is -0.396. The summed E-state index contributed by atoms with van der Waals surface area (Å²) in [7, 11) is 0. The monoisotopic (exact) mass is 403 g/mol. The third kappa shape index (κ3) is 5.36. The van der Waals surface area contributed by atoms with E-state index in [9.17, 15) is 14.4 Å². The van der Waals surface area contributed by atoms with Crippen LogP contribution in [0.5, 0.6) is 0 Å². The van der Waals surface area contributed by atoms with E-state index < -0.39 is 11.8 Å². The molecule has 0 radical (unpaired) electrons. The van der Waals surface area contributed by atoms with Crippen molar-refractivity contribution in [2.75, 3.05) is 18.0 Å². The van der Waals surface area contributed by atoms with E-state index in [4.69, 9.17) is 16.0 Å². The first-order valence-electron chi connectivity index (χ1n) is 9.20. The lowest BCUT2D eigenvalue weighted by molar-refractivity contribution is -0.123. The minimum absolute atomic E-state index is 0.116. The van der Waals surface area contributed by atoms with E-state index in [0.29, 0.717) is 10.7 Å². The number of nitrogens with zero attached hydrogens (tertiary/aromatic N) is 1. The van der Waals surface area contributed by atoms with Gasteiger partial charge >= 0.3 is 0 Å². The maximum absolute atomic E-state index is 12.7. The van der Waals surface area contributed by atoms with E-state index in [1.807, 2.05) is 0 Å². The third-order valence-electron chi connectivity index (χ3n) is 4.61. The topological polar surface area (TPSA) is 91.7 Å². The van der Waals surface area contributed by atoms with Crippen molar-refractivity contribution in [3.8, 4) is 0 Å². The fourth-order valence-electron chi connectivity index (χ4n) is 3.18. The van der Waals surface area contributed by atoms with Gasteiger partial charge in [0.25, 0.3) is 5.91 Å². The number of nitrogens with one attached hydrogen (secondary N) is 2. The summed E-state index contributed by atoms with van der Waals surface area (Å²) in [6, 6.07) is 9.87. The molecule has 0 unspecified atom stereocenters. The third-order valence-corrected chi connectivity index (χ3v) is 4.86. The number of carbonyl (C=O) groups excluding carboxylic acids is 3. The molecule has 1 aliphatic rings. The fourth-order valence-corrected chi connectivity index (χ4v) is 3.30. The van der Waals surface area contributed by atoms with Crippen molar-refractivity contribution < 1.29 is 18.8 Å². The van der Waals surface area contributed by atoms with Crippen LogP contribution in [0, 0.1) is 0 Å². The molecular weight excluding hydrogens is 382 g/mol. The molecule has 0 bridgehead atoms. The van der Waals surface area contributed by atoms with Crippen LogP contribution >= 0.6 is 11.6 Å². The molecular formula is C20H22ClN3O4. The zero-order valence-corrected chi connectivity index (χ0v) is 16.1. The molecule has 0 saturated heterocycles. The highest BCUT2D eigenvalue weighted by Gasteiger charge is 2.23. The quantitative estimate of drug-likeness (QED) is 0.743. The van der Waals surface area contributed by atoms with Crippen molar-refractivity contribution >= 4 is 35.0 Å². The number of benzene rings is 1. The van der Waals surface area contributed by atoms with Gasteiger partial charge in [0.2, 0.25) is 11.8 Å². The summed E-state index contributed by atoms with van der Waals surface area (Å²) in [5, 5.41) is 6.01. The Hall–Kier alpha value is -2.80. The number of hydrogen-bond donors (Lipinski definition) is 2. The number of furan rings is 1. The van der Waals surface area contributed by atoms with Gasteiger partial charge in [0, 0.05) is 16.8 Å². The first-order chi connectivity index (χ1) is 13.5. The first kappa shape index (κ1) is 19.9. The highest BCUT2D eigenvalue weighted by Crippen LogP contribution is 2.20. The molecule has 0 spiro atoms. The summed E-state index contributed by atoms with van der Waals surface area (Å²) in [5.74, 6) is -1.02. The normalized spacial score (nSPS) is 13.9. The fraction of sp³-hybridized carbons (Fsp3) is 0.350. The number of rotatable bonds is 7. The number of halogens is 1. The lowest BCUT2D eigenvalue weighted by Gasteiger charge is -2.23. The SMILES string of the molecule is O=C(CN(C(=O)CNC(=O)c1ccco1)c1ccc(Cl)cc1)NC1CCCC1. The van der Waals surface area contributed by atoms with Gasteiger partial charge in [0.05, 0.1) is 12.8 Å². The molecule has 3 amide bonds. The standard InChI is InChI=1S/C20H22ClN3O4/c21-14-7-9-16(10-8-14)24(13-18(25)23-15-4-1-2-5-15)19(26)12-22-20(27)17-6-3-11-28-17/h3,6-11,15H,1-2,4-5,12-13H2,(H,22,27)(H,23,25). The average molecular weight is 404 g/mol. The predicted octanol–water partition coefficient (Wildman–Crippen LogP) is 2.75. The molecule has 0 aliphatic heterocycles.